The van der Waals surface area contributed by atoms with Crippen LogP contribution in [0.4, 0.5) is 0 Å². The molecule has 15 heavy (non-hydrogen) atoms. The predicted octanol–water partition coefficient (Wildman–Crippen LogP) is 1.17. The van der Waals surface area contributed by atoms with Crippen LogP contribution in [0.25, 0.3) is 0 Å². The molecule has 0 saturated carbocycles. The van der Waals surface area contributed by atoms with E-state index in [9.17, 15) is 9.59 Å². The first kappa shape index (κ1) is 11.8. The number of hydrogen-bond donors (Lipinski definition) is 1. The molecule has 0 atom stereocenters. The smallest absolute Gasteiger partial charge is 0.306 e. The van der Waals surface area contributed by atoms with Crippen LogP contribution in [0.1, 0.15) is 32.6 Å². The standard InChI is InChI=1S/C11H17NO3/c1-2-15-11(14)6-5-10(13)9-4-3-7-12-8-9/h8,12H,2-7H2,1H3. The summed E-state index contributed by atoms with van der Waals surface area (Å²) in [6, 6.07) is 0. The lowest BCUT2D eigenvalue weighted by Crippen LogP contribution is -2.18. The Kier molecular flexibility index (Phi) is 4.87. The molecule has 0 unspecified atom stereocenters. The summed E-state index contributed by atoms with van der Waals surface area (Å²) in [6.45, 7) is 3.05. The second kappa shape index (κ2) is 6.22. The van der Waals surface area contributed by atoms with Crippen LogP contribution in [-0.2, 0) is 14.3 Å². The molecule has 0 saturated heterocycles. The van der Waals surface area contributed by atoms with Crippen LogP contribution in [-0.4, -0.2) is 24.9 Å². The summed E-state index contributed by atoms with van der Waals surface area (Å²) in [4.78, 5) is 22.6. The van der Waals surface area contributed by atoms with Crippen molar-refractivity contribution in [2.45, 2.75) is 32.6 Å². The van der Waals surface area contributed by atoms with Crippen molar-refractivity contribution >= 4 is 11.8 Å². The van der Waals surface area contributed by atoms with Gasteiger partial charge in [-0.05, 0) is 19.8 Å². The Morgan fingerprint density at radius 1 is 1.47 bits per heavy atom. The van der Waals surface area contributed by atoms with Gasteiger partial charge in [0, 0.05) is 24.7 Å². The van der Waals surface area contributed by atoms with Crippen LogP contribution < -0.4 is 5.32 Å². The number of carbonyl (C=O) groups is 2. The average molecular weight is 211 g/mol. The fourth-order valence-corrected chi connectivity index (χ4v) is 1.48. The molecule has 0 aromatic rings. The zero-order valence-electron chi connectivity index (χ0n) is 9.04. The van der Waals surface area contributed by atoms with E-state index in [0.717, 1.165) is 25.0 Å². The number of esters is 1. The number of hydrogen-bond acceptors (Lipinski definition) is 4. The molecular weight excluding hydrogens is 194 g/mol. The Morgan fingerprint density at radius 2 is 2.27 bits per heavy atom. The van der Waals surface area contributed by atoms with Gasteiger partial charge in [0.2, 0.25) is 0 Å². The molecule has 0 fully saturated rings. The van der Waals surface area contributed by atoms with Gasteiger partial charge < -0.3 is 10.1 Å². The third-order valence-electron chi connectivity index (χ3n) is 2.26. The number of Topliss-reactive ketones (excluding diaryl/α,β-unsaturated/α-hetero) is 1. The highest BCUT2D eigenvalue weighted by molar-refractivity contribution is 5.96. The van der Waals surface area contributed by atoms with Gasteiger partial charge >= 0.3 is 5.97 Å². The highest BCUT2D eigenvalue weighted by Gasteiger charge is 2.13. The third kappa shape index (κ3) is 4.14. The molecule has 0 aromatic heterocycles. The summed E-state index contributed by atoms with van der Waals surface area (Å²) < 4.78 is 4.75. The number of ether oxygens (including phenoxy) is 1. The van der Waals surface area contributed by atoms with Crippen molar-refractivity contribution in [1.29, 1.82) is 0 Å². The number of ketones is 1. The van der Waals surface area contributed by atoms with Crippen molar-refractivity contribution in [3.63, 3.8) is 0 Å². The van der Waals surface area contributed by atoms with Crippen LogP contribution >= 0.6 is 0 Å². The van der Waals surface area contributed by atoms with Crippen LogP contribution in [0.2, 0.25) is 0 Å². The summed E-state index contributed by atoms with van der Waals surface area (Å²) in [7, 11) is 0. The van der Waals surface area contributed by atoms with Crippen LogP contribution in [0.3, 0.4) is 0 Å². The Bertz CT molecular complexity index is 271. The summed E-state index contributed by atoms with van der Waals surface area (Å²) in [5, 5.41) is 3.03. The molecule has 0 spiro atoms. The van der Waals surface area contributed by atoms with Gasteiger partial charge in [0.25, 0.3) is 0 Å². The van der Waals surface area contributed by atoms with Crippen LogP contribution in [0.5, 0.6) is 0 Å². The first-order valence-corrected chi connectivity index (χ1v) is 5.35. The normalized spacial score (nSPS) is 15.1. The molecule has 0 radical (unpaired) electrons. The van der Waals surface area contributed by atoms with E-state index in [4.69, 9.17) is 4.74 Å². The summed E-state index contributed by atoms with van der Waals surface area (Å²) in [5.74, 6) is -0.245. The summed E-state index contributed by atoms with van der Waals surface area (Å²) in [6.07, 6.45) is 4.00. The molecule has 84 valence electrons. The molecule has 1 rings (SSSR count). The van der Waals surface area contributed by atoms with Gasteiger partial charge in [-0.3, -0.25) is 9.59 Å². The van der Waals surface area contributed by atoms with Crippen molar-refractivity contribution in [1.82, 2.24) is 5.32 Å². The zero-order chi connectivity index (χ0) is 11.1. The number of nitrogens with one attached hydrogen (secondary N) is 1. The Morgan fingerprint density at radius 3 is 2.87 bits per heavy atom. The molecule has 1 N–H and O–H groups in total. The van der Waals surface area contributed by atoms with Gasteiger partial charge in [-0.1, -0.05) is 0 Å². The lowest BCUT2D eigenvalue weighted by molar-refractivity contribution is -0.144. The van der Waals surface area contributed by atoms with E-state index < -0.39 is 0 Å². The van der Waals surface area contributed by atoms with E-state index >= 15 is 0 Å². The van der Waals surface area contributed by atoms with Crippen molar-refractivity contribution in [3.05, 3.63) is 11.8 Å². The second-order valence-electron chi connectivity index (χ2n) is 3.46. The summed E-state index contributed by atoms with van der Waals surface area (Å²) in [5.41, 5.74) is 0.797. The molecule has 1 aliphatic rings. The number of allylic oxidation sites excluding steroid dienone is 1. The third-order valence-corrected chi connectivity index (χ3v) is 2.26. The maximum Gasteiger partial charge on any atom is 0.306 e. The minimum Gasteiger partial charge on any atom is -0.466 e. The fourth-order valence-electron chi connectivity index (χ4n) is 1.48. The fraction of sp³-hybridized carbons (Fsp3) is 0.636. The van der Waals surface area contributed by atoms with E-state index in [0.29, 0.717) is 6.61 Å². The molecule has 0 aromatic carbocycles. The minimum atomic E-state index is -0.296. The number of rotatable bonds is 5. The highest BCUT2D eigenvalue weighted by atomic mass is 16.5. The number of carbonyl (C=O) groups excluding carboxylic acids is 2. The van der Waals surface area contributed by atoms with Crippen molar-refractivity contribution in [2.24, 2.45) is 0 Å². The van der Waals surface area contributed by atoms with E-state index in [1.807, 2.05) is 0 Å². The molecule has 4 heteroatoms. The van der Waals surface area contributed by atoms with Crippen molar-refractivity contribution in [3.8, 4) is 0 Å². The Balaban J connectivity index is 2.29. The molecule has 0 aliphatic carbocycles. The summed E-state index contributed by atoms with van der Waals surface area (Å²) >= 11 is 0. The van der Waals surface area contributed by atoms with Gasteiger partial charge in [0.1, 0.15) is 0 Å². The first-order valence-electron chi connectivity index (χ1n) is 5.35. The van der Waals surface area contributed by atoms with Crippen molar-refractivity contribution in [2.75, 3.05) is 13.2 Å². The molecule has 0 bridgehead atoms. The lowest BCUT2D eigenvalue weighted by Gasteiger charge is -2.12. The Labute approximate surface area is 89.7 Å². The topological polar surface area (TPSA) is 55.4 Å². The molecule has 4 nitrogen and oxygen atoms in total. The first-order chi connectivity index (χ1) is 7.24. The van der Waals surface area contributed by atoms with Gasteiger partial charge in [-0.15, -0.1) is 0 Å². The highest BCUT2D eigenvalue weighted by Crippen LogP contribution is 2.12. The van der Waals surface area contributed by atoms with E-state index in [2.05, 4.69) is 5.32 Å². The zero-order valence-corrected chi connectivity index (χ0v) is 9.04. The van der Waals surface area contributed by atoms with Crippen LogP contribution in [0, 0.1) is 0 Å². The lowest BCUT2D eigenvalue weighted by atomic mass is 10.0. The maximum absolute atomic E-state index is 11.6. The van der Waals surface area contributed by atoms with Gasteiger partial charge in [0.15, 0.2) is 5.78 Å². The maximum atomic E-state index is 11.6. The molecular formula is C11H17NO3. The van der Waals surface area contributed by atoms with Gasteiger partial charge in [0.05, 0.1) is 13.0 Å². The van der Waals surface area contributed by atoms with E-state index in [-0.39, 0.29) is 24.6 Å². The monoisotopic (exact) mass is 211 g/mol. The van der Waals surface area contributed by atoms with Gasteiger partial charge in [-0.2, -0.15) is 0 Å². The SMILES string of the molecule is CCOC(=O)CCC(=O)C1=CNCCC1. The quantitative estimate of drug-likeness (QED) is 0.693. The van der Waals surface area contributed by atoms with E-state index in [1.165, 1.54) is 0 Å². The van der Waals surface area contributed by atoms with Crippen molar-refractivity contribution < 1.29 is 14.3 Å². The molecule has 1 heterocycles. The molecule has 0 amide bonds. The largest absolute Gasteiger partial charge is 0.466 e. The minimum absolute atomic E-state index is 0.0512. The average Bonchev–Trinajstić information content (AvgIpc) is 2.27. The molecule has 1 aliphatic heterocycles. The van der Waals surface area contributed by atoms with Crippen LogP contribution in [0.15, 0.2) is 11.8 Å². The predicted molar refractivity (Wildman–Crippen MR) is 56.2 cm³/mol. The van der Waals surface area contributed by atoms with E-state index in [1.54, 1.807) is 13.1 Å². The second-order valence-corrected chi connectivity index (χ2v) is 3.46. The Hall–Kier alpha value is -1.32. The van der Waals surface area contributed by atoms with Gasteiger partial charge in [-0.25, -0.2) is 0 Å².